The van der Waals surface area contributed by atoms with E-state index in [9.17, 15) is 0 Å². The van der Waals surface area contributed by atoms with E-state index in [0.717, 1.165) is 6.42 Å². The minimum atomic E-state index is -0.0164. The Morgan fingerprint density at radius 2 is 1.73 bits per heavy atom. The Bertz CT molecular complexity index is 346. The second-order valence-electron chi connectivity index (χ2n) is 3.23. The minimum absolute atomic E-state index is 0.0164. The van der Waals surface area contributed by atoms with Crippen molar-refractivity contribution in [1.29, 1.82) is 0 Å². The molecule has 0 saturated carbocycles. The van der Waals surface area contributed by atoms with Crippen molar-refractivity contribution in [2.75, 3.05) is 0 Å². The number of hydrogen-bond donors (Lipinski definition) is 0. The summed E-state index contributed by atoms with van der Waals surface area (Å²) in [7, 11) is 0. The standard InChI is InChI=1S/C13H13NTe/c1-2-7-13(8-3-1)15-11-9-12-6-4-5-10-14-12/h1-8,10H,9,11H2. The third-order valence-corrected chi connectivity index (χ3v) is 4.99. The van der Waals surface area contributed by atoms with E-state index in [1.165, 1.54) is 10.2 Å². The Balaban J connectivity index is 1.81. The molecular formula is C13H13NTe. The summed E-state index contributed by atoms with van der Waals surface area (Å²) in [6, 6.07) is 16.9. The monoisotopic (exact) mass is 313 g/mol. The van der Waals surface area contributed by atoms with Crippen molar-refractivity contribution in [2.24, 2.45) is 0 Å². The molecule has 0 unspecified atom stereocenters. The Morgan fingerprint density at radius 3 is 2.47 bits per heavy atom. The van der Waals surface area contributed by atoms with Crippen LogP contribution in [0.15, 0.2) is 54.7 Å². The van der Waals surface area contributed by atoms with Crippen molar-refractivity contribution in [3.05, 3.63) is 60.4 Å². The first-order chi connectivity index (χ1) is 7.45. The van der Waals surface area contributed by atoms with Gasteiger partial charge in [0.2, 0.25) is 0 Å². The summed E-state index contributed by atoms with van der Waals surface area (Å²) in [5, 5.41) is 0. The number of rotatable bonds is 4. The molecule has 2 heteroatoms. The molecule has 0 N–H and O–H groups in total. The zero-order valence-corrected chi connectivity index (χ0v) is 10.8. The quantitative estimate of drug-likeness (QED) is 0.788. The van der Waals surface area contributed by atoms with Gasteiger partial charge in [-0.3, -0.25) is 0 Å². The molecule has 15 heavy (non-hydrogen) atoms. The van der Waals surface area contributed by atoms with E-state index >= 15 is 0 Å². The Morgan fingerprint density at radius 1 is 0.933 bits per heavy atom. The Labute approximate surface area is 101 Å². The van der Waals surface area contributed by atoms with Crippen molar-refractivity contribution >= 4 is 24.5 Å². The number of pyridine rings is 1. The van der Waals surface area contributed by atoms with E-state index in [-0.39, 0.29) is 20.9 Å². The van der Waals surface area contributed by atoms with E-state index in [1.807, 2.05) is 12.3 Å². The predicted molar refractivity (Wildman–Crippen MR) is 64.6 cm³/mol. The van der Waals surface area contributed by atoms with Crippen LogP contribution in [-0.4, -0.2) is 25.9 Å². The van der Waals surface area contributed by atoms with Gasteiger partial charge in [0.15, 0.2) is 0 Å². The Kier molecular flexibility index (Phi) is 4.20. The van der Waals surface area contributed by atoms with Crippen LogP contribution in [0.4, 0.5) is 0 Å². The fraction of sp³-hybridized carbons (Fsp3) is 0.154. The van der Waals surface area contributed by atoms with Crippen LogP contribution in [0, 0.1) is 0 Å². The molecule has 0 spiro atoms. The van der Waals surface area contributed by atoms with Crippen LogP contribution in [0.3, 0.4) is 0 Å². The Hall–Kier alpha value is -0.840. The topological polar surface area (TPSA) is 12.9 Å². The molecule has 1 nitrogen and oxygen atoms in total. The summed E-state index contributed by atoms with van der Waals surface area (Å²) < 4.78 is 2.84. The first kappa shape index (κ1) is 10.7. The average molecular weight is 311 g/mol. The second kappa shape index (κ2) is 5.90. The van der Waals surface area contributed by atoms with Gasteiger partial charge in [-0.15, -0.1) is 0 Å². The van der Waals surface area contributed by atoms with Gasteiger partial charge in [0.1, 0.15) is 0 Å². The molecule has 1 heterocycles. The first-order valence-electron chi connectivity index (χ1n) is 5.03. The van der Waals surface area contributed by atoms with Crippen molar-refractivity contribution in [3.63, 3.8) is 0 Å². The van der Waals surface area contributed by atoms with Crippen LogP contribution in [-0.2, 0) is 6.42 Å². The van der Waals surface area contributed by atoms with Gasteiger partial charge >= 0.3 is 101 Å². The molecule has 0 aliphatic heterocycles. The fourth-order valence-corrected chi connectivity index (χ4v) is 3.89. The second-order valence-corrected chi connectivity index (χ2v) is 6.57. The van der Waals surface area contributed by atoms with Crippen LogP contribution >= 0.6 is 0 Å². The summed E-state index contributed by atoms with van der Waals surface area (Å²) in [5.41, 5.74) is 1.22. The molecular weight excluding hydrogens is 298 g/mol. The van der Waals surface area contributed by atoms with Crippen LogP contribution in [0.5, 0.6) is 0 Å². The maximum atomic E-state index is 4.33. The van der Waals surface area contributed by atoms with Crippen molar-refractivity contribution in [3.8, 4) is 0 Å². The van der Waals surface area contributed by atoms with Gasteiger partial charge in [-0.1, -0.05) is 0 Å². The van der Waals surface area contributed by atoms with E-state index in [2.05, 4.69) is 47.4 Å². The zero-order valence-electron chi connectivity index (χ0n) is 8.47. The number of aryl methyl sites for hydroxylation is 1. The summed E-state index contributed by atoms with van der Waals surface area (Å²) in [6.07, 6.45) is 3.00. The van der Waals surface area contributed by atoms with Crippen molar-refractivity contribution in [2.45, 2.75) is 10.9 Å². The first-order valence-corrected chi connectivity index (χ1v) is 7.84. The van der Waals surface area contributed by atoms with Gasteiger partial charge < -0.3 is 0 Å². The van der Waals surface area contributed by atoms with Crippen LogP contribution in [0.2, 0.25) is 4.47 Å². The molecule has 2 aromatic rings. The van der Waals surface area contributed by atoms with E-state index in [1.54, 1.807) is 3.61 Å². The summed E-state index contributed by atoms with van der Waals surface area (Å²) >= 11 is -0.0164. The molecule has 0 bridgehead atoms. The number of benzene rings is 1. The summed E-state index contributed by atoms with van der Waals surface area (Å²) in [5.74, 6) is 0. The third-order valence-electron chi connectivity index (χ3n) is 2.10. The van der Waals surface area contributed by atoms with E-state index in [4.69, 9.17) is 0 Å². The average Bonchev–Trinajstić information content (AvgIpc) is 2.32. The molecule has 0 radical (unpaired) electrons. The molecule has 0 saturated heterocycles. The summed E-state index contributed by atoms with van der Waals surface area (Å²) in [6.45, 7) is 0. The maximum absolute atomic E-state index is 4.33. The molecule has 0 atom stereocenters. The normalized spacial score (nSPS) is 10.1. The van der Waals surface area contributed by atoms with Crippen molar-refractivity contribution in [1.82, 2.24) is 4.98 Å². The van der Waals surface area contributed by atoms with Crippen LogP contribution in [0.1, 0.15) is 5.69 Å². The molecule has 0 amide bonds. The van der Waals surface area contributed by atoms with Crippen molar-refractivity contribution < 1.29 is 0 Å². The SMILES string of the molecule is c1ccc([Te]CCc2ccccn2)cc1. The van der Waals surface area contributed by atoms with Gasteiger partial charge in [0.05, 0.1) is 0 Å². The van der Waals surface area contributed by atoms with E-state index < -0.39 is 0 Å². The molecule has 2 rings (SSSR count). The summed E-state index contributed by atoms with van der Waals surface area (Å²) in [4.78, 5) is 4.33. The number of hydrogen-bond acceptors (Lipinski definition) is 1. The van der Waals surface area contributed by atoms with E-state index in [0.29, 0.717) is 0 Å². The molecule has 1 aromatic heterocycles. The molecule has 0 aliphatic carbocycles. The molecule has 76 valence electrons. The molecule has 0 aliphatic rings. The third kappa shape index (κ3) is 3.66. The molecule has 1 aromatic carbocycles. The van der Waals surface area contributed by atoms with Gasteiger partial charge in [-0.05, 0) is 0 Å². The van der Waals surface area contributed by atoms with Gasteiger partial charge in [-0.25, -0.2) is 0 Å². The molecule has 0 fully saturated rings. The van der Waals surface area contributed by atoms with Gasteiger partial charge in [-0.2, -0.15) is 0 Å². The predicted octanol–water partition coefficient (Wildman–Crippen LogP) is 2.07. The number of aromatic nitrogens is 1. The fourth-order valence-electron chi connectivity index (χ4n) is 1.34. The van der Waals surface area contributed by atoms with Crippen LogP contribution in [0.25, 0.3) is 0 Å². The van der Waals surface area contributed by atoms with Crippen LogP contribution < -0.4 is 3.61 Å². The van der Waals surface area contributed by atoms with Gasteiger partial charge in [0, 0.05) is 0 Å². The van der Waals surface area contributed by atoms with Gasteiger partial charge in [0.25, 0.3) is 0 Å². The zero-order chi connectivity index (χ0) is 10.3. The number of nitrogens with zero attached hydrogens (tertiary/aromatic N) is 1.